The summed E-state index contributed by atoms with van der Waals surface area (Å²) in [6, 6.07) is 73.0. The van der Waals surface area contributed by atoms with Crippen LogP contribution >= 0.6 is 11.3 Å². The summed E-state index contributed by atoms with van der Waals surface area (Å²) in [7, 11) is 0. The van der Waals surface area contributed by atoms with Crippen molar-refractivity contribution in [3.8, 4) is 33.4 Å². The molecule has 0 N–H and O–H groups in total. The molecule has 0 atom stereocenters. The fraction of sp³-hybridized carbons (Fsp3) is 0. The maximum atomic E-state index is 2.40. The SMILES string of the molecule is c1ccc(-c2cccc(N(c3ccc4cc(-c5ccc6ccc(-c7ccccc7)cc6c5)ccc4c3)c3ccc4c(c3)sc3ccccc34)c2)cc1. The van der Waals surface area contributed by atoms with E-state index < -0.39 is 0 Å². The second kappa shape index (κ2) is 12.7. The molecule has 0 aliphatic heterocycles. The molecule has 1 heterocycles. The molecule has 10 aromatic rings. The molecule has 9 aromatic carbocycles. The lowest BCUT2D eigenvalue weighted by Crippen LogP contribution is -2.10. The molecule has 0 saturated heterocycles. The molecular formula is C50H33NS. The second-order valence-electron chi connectivity index (χ2n) is 13.4. The molecule has 0 aliphatic rings. The zero-order chi connectivity index (χ0) is 34.4. The summed E-state index contributed by atoms with van der Waals surface area (Å²) in [4.78, 5) is 2.40. The lowest BCUT2D eigenvalue weighted by atomic mass is 9.96. The van der Waals surface area contributed by atoms with Gasteiger partial charge in [0.05, 0.1) is 0 Å². The fourth-order valence-corrected chi connectivity index (χ4v) is 8.68. The van der Waals surface area contributed by atoms with Crippen molar-refractivity contribution in [1.29, 1.82) is 0 Å². The zero-order valence-corrected chi connectivity index (χ0v) is 29.2. The Labute approximate surface area is 307 Å². The Bertz CT molecular complexity index is 2910. The highest BCUT2D eigenvalue weighted by atomic mass is 32.1. The van der Waals surface area contributed by atoms with E-state index in [1.54, 1.807) is 0 Å². The standard InChI is InChI=1S/C50H33NS/c1-3-10-34(11-4-1)37-14-9-15-44(31-37)51(46-26-27-48-47-16-7-8-17-49(47)52-50(48)33-46)45-25-24-41-28-39(22-23-42(41)32-45)40-21-19-36-18-20-38(29-43(36)30-40)35-12-5-2-6-13-35/h1-33H. The molecule has 0 spiro atoms. The first-order chi connectivity index (χ1) is 25.7. The first kappa shape index (κ1) is 30.4. The third-order valence-electron chi connectivity index (χ3n) is 10.2. The van der Waals surface area contributed by atoms with Crippen LogP contribution in [0.1, 0.15) is 0 Å². The van der Waals surface area contributed by atoms with Gasteiger partial charge in [-0.05, 0) is 116 Å². The van der Waals surface area contributed by atoms with Gasteiger partial charge in [-0.2, -0.15) is 0 Å². The highest BCUT2D eigenvalue weighted by Crippen LogP contribution is 2.42. The van der Waals surface area contributed by atoms with Gasteiger partial charge in [0.2, 0.25) is 0 Å². The van der Waals surface area contributed by atoms with Crippen molar-refractivity contribution in [3.05, 3.63) is 200 Å². The third-order valence-corrected chi connectivity index (χ3v) is 11.3. The van der Waals surface area contributed by atoms with Gasteiger partial charge in [0.1, 0.15) is 0 Å². The number of rotatable bonds is 6. The monoisotopic (exact) mass is 679 g/mol. The normalized spacial score (nSPS) is 11.5. The van der Waals surface area contributed by atoms with Crippen LogP contribution in [0.15, 0.2) is 200 Å². The smallest absolute Gasteiger partial charge is 0.0476 e. The van der Waals surface area contributed by atoms with Gasteiger partial charge in [0.25, 0.3) is 0 Å². The summed E-state index contributed by atoms with van der Waals surface area (Å²) in [6.07, 6.45) is 0. The van der Waals surface area contributed by atoms with Crippen molar-refractivity contribution in [2.24, 2.45) is 0 Å². The Hall–Kier alpha value is -6.48. The molecule has 0 saturated carbocycles. The Kier molecular flexibility index (Phi) is 7.41. The minimum absolute atomic E-state index is 1.13. The largest absolute Gasteiger partial charge is 0.310 e. The number of thiophene rings is 1. The molecule has 0 amide bonds. The van der Waals surface area contributed by atoms with E-state index in [0.29, 0.717) is 0 Å². The molecule has 2 heteroatoms. The Morgan fingerprint density at radius 1 is 0.269 bits per heavy atom. The van der Waals surface area contributed by atoms with Crippen LogP contribution < -0.4 is 4.90 Å². The van der Waals surface area contributed by atoms with Gasteiger partial charge < -0.3 is 4.90 Å². The van der Waals surface area contributed by atoms with E-state index in [1.807, 2.05) is 11.3 Å². The number of hydrogen-bond donors (Lipinski definition) is 0. The van der Waals surface area contributed by atoms with Gasteiger partial charge in [-0.3, -0.25) is 0 Å². The van der Waals surface area contributed by atoms with Crippen LogP contribution in [0, 0.1) is 0 Å². The molecule has 10 rings (SSSR count). The average molecular weight is 680 g/mol. The van der Waals surface area contributed by atoms with E-state index >= 15 is 0 Å². The predicted octanol–water partition coefficient (Wildman–Crippen LogP) is 14.8. The lowest BCUT2D eigenvalue weighted by molar-refractivity contribution is 1.30. The molecule has 1 nitrogen and oxygen atoms in total. The molecule has 1 aromatic heterocycles. The van der Waals surface area contributed by atoms with Crippen molar-refractivity contribution in [1.82, 2.24) is 0 Å². The maximum Gasteiger partial charge on any atom is 0.0476 e. The van der Waals surface area contributed by atoms with Crippen LogP contribution in [-0.2, 0) is 0 Å². The van der Waals surface area contributed by atoms with E-state index in [9.17, 15) is 0 Å². The van der Waals surface area contributed by atoms with Crippen molar-refractivity contribution in [3.63, 3.8) is 0 Å². The summed E-state index contributed by atoms with van der Waals surface area (Å²) in [6.45, 7) is 0. The Balaban J connectivity index is 1.06. The predicted molar refractivity (Wildman–Crippen MR) is 225 cm³/mol. The molecule has 244 valence electrons. The van der Waals surface area contributed by atoms with E-state index in [1.165, 1.54) is 75.1 Å². The molecule has 0 unspecified atom stereocenters. The summed E-state index contributed by atoms with van der Waals surface area (Å²) < 4.78 is 2.61. The number of benzene rings is 9. The number of fused-ring (bicyclic) bond motifs is 5. The Morgan fingerprint density at radius 3 is 1.52 bits per heavy atom. The molecule has 0 bridgehead atoms. The minimum Gasteiger partial charge on any atom is -0.310 e. The van der Waals surface area contributed by atoms with Gasteiger partial charge in [-0.1, -0.05) is 140 Å². The van der Waals surface area contributed by atoms with Crippen LogP contribution in [0.4, 0.5) is 17.1 Å². The molecule has 0 radical (unpaired) electrons. The summed E-state index contributed by atoms with van der Waals surface area (Å²) in [5.41, 5.74) is 10.7. The van der Waals surface area contributed by atoms with Gasteiger partial charge >= 0.3 is 0 Å². The molecule has 52 heavy (non-hydrogen) atoms. The van der Waals surface area contributed by atoms with Crippen molar-refractivity contribution < 1.29 is 0 Å². The van der Waals surface area contributed by atoms with E-state index in [2.05, 4.69) is 205 Å². The van der Waals surface area contributed by atoms with Crippen molar-refractivity contribution in [2.45, 2.75) is 0 Å². The summed E-state index contributed by atoms with van der Waals surface area (Å²) in [5, 5.41) is 7.55. The molecular weight excluding hydrogens is 647 g/mol. The lowest BCUT2D eigenvalue weighted by Gasteiger charge is -2.26. The quantitative estimate of drug-likeness (QED) is 0.169. The van der Waals surface area contributed by atoms with E-state index in [-0.39, 0.29) is 0 Å². The maximum absolute atomic E-state index is 2.40. The van der Waals surface area contributed by atoms with Crippen LogP contribution in [-0.4, -0.2) is 0 Å². The molecule has 0 aliphatic carbocycles. The fourth-order valence-electron chi connectivity index (χ4n) is 7.54. The van der Waals surface area contributed by atoms with E-state index in [4.69, 9.17) is 0 Å². The van der Waals surface area contributed by atoms with Crippen LogP contribution in [0.3, 0.4) is 0 Å². The zero-order valence-electron chi connectivity index (χ0n) is 28.4. The van der Waals surface area contributed by atoms with Gasteiger partial charge in [-0.25, -0.2) is 0 Å². The van der Waals surface area contributed by atoms with Crippen LogP contribution in [0.25, 0.3) is 75.1 Å². The highest BCUT2D eigenvalue weighted by Gasteiger charge is 2.16. The summed E-state index contributed by atoms with van der Waals surface area (Å²) >= 11 is 1.86. The van der Waals surface area contributed by atoms with Gasteiger partial charge in [0.15, 0.2) is 0 Å². The second-order valence-corrected chi connectivity index (χ2v) is 14.5. The van der Waals surface area contributed by atoms with Crippen LogP contribution in [0.5, 0.6) is 0 Å². The molecule has 0 fully saturated rings. The van der Waals surface area contributed by atoms with Gasteiger partial charge in [0, 0.05) is 37.2 Å². The first-order valence-electron chi connectivity index (χ1n) is 17.7. The number of anilines is 3. The van der Waals surface area contributed by atoms with Crippen molar-refractivity contribution >= 4 is 70.1 Å². The number of hydrogen-bond acceptors (Lipinski definition) is 2. The van der Waals surface area contributed by atoms with Crippen molar-refractivity contribution in [2.75, 3.05) is 4.90 Å². The topological polar surface area (TPSA) is 3.24 Å². The highest BCUT2D eigenvalue weighted by molar-refractivity contribution is 7.25. The third kappa shape index (κ3) is 5.51. The minimum atomic E-state index is 1.13. The van der Waals surface area contributed by atoms with Crippen LogP contribution in [0.2, 0.25) is 0 Å². The number of nitrogens with zero attached hydrogens (tertiary/aromatic N) is 1. The first-order valence-corrected chi connectivity index (χ1v) is 18.6. The average Bonchev–Trinajstić information content (AvgIpc) is 3.59. The van der Waals surface area contributed by atoms with E-state index in [0.717, 1.165) is 17.1 Å². The Morgan fingerprint density at radius 2 is 0.769 bits per heavy atom. The van der Waals surface area contributed by atoms with Gasteiger partial charge in [-0.15, -0.1) is 11.3 Å². The summed E-state index contributed by atoms with van der Waals surface area (Å²) in [5.74, 6) is 0.